The fourth-order valence-corrected chi connectivity index (χ4v) is 2.69. The van der Waals surface area contributed by atoms with Crippen LogP contribution in [0.5, 0.6) is 5.75 Å². The van der Waals surface area contributed by atoms with E-state index in [1.165, 1.54) is 19.1 Å². The van der Waals surface area contributed by atoms with Crippen LogP contribution in [0.25, 0.3) is 11.0 Å². The summed E-state index contributed by atoms with van der Waals surface area (Å²) in [6.45, 7) is 2.81. The van der Waals surface area contributed by atoms with Crippen molar-refractivity contribution in [2.24, 2.45) is 0 Å². The van der Waals surface area contributed by atoms with Gasteiger partial charge in [-0.05, 0) is 55.8 Å². The first-order valence-electron chi connectivity index (χ1n) is 9.03. The molecule has 8 heteroatoms. The van der Waals surface area contributed by atoms with E-state index in [1.807, 2.05) is 6.07 Å². The van der Waals surface area contributed by atoms with Gasteiger partial charge < -0.3 is 19.2 Å². The molecular weight excluding hydrogens is 388 g/mol. The van der Waals surface area contributed by atoms with Gasteiger partial charge in [-0.3, -0.25) is 4.79 Å². The molecule has 8 nitrogen and oxygen atoms in total. The van der Waals surface area contributed by atoms with Crippen LogP contribution >= 0.6 is 0 Å². The van der Waals surface area contributed by atoms with Crippen LogP contribution in [0.15, 0.2) is 57.7 Å². The number of aryl methyl sites for hydroxylation is 1. The standard InChI is InChI=1S/C22H18N2O6/c1-13-9-20(25)30-19-10-17(7-8-18(13)19)28-12-21(26)29-14(2)22(27)24-16-5-3-15(11-23)4-6-16/h3-10,14H,12H2,1-2H3,(H,24,27)/t14-/m1/s1. The largest absolute Gasteiger partial charge is 0.482 e. The number of hydrogen-bond donors (Lipinski definition) is 1. The van der Waals surface area contributed by atoms with Crippen molar-refractivity contribution in [1.29, 1.82) is 5.26 Å². The summed E-state index contributed by atoms with van der Waals surface area (Å²) in [7, 11) is 0. The summed E-state index contributed by atoms with van der Waals surface area (Å²) in [5, 5.41) is 12.1. The van der Waals surface area contributed by atoms with Crippen LogP contribution in [0.3, 0.4) is 0 Å². The molecule has 30 heavy (non-hydrogen) atoms. The summed E-state index contributed by atoms with van der Waals surface area (Å²) in [6.07, 6.45) is -1.05. The number of fused-ring (bicyclic) bond motifs is 1. The van der Waals surface area contributed by atoms with E-state index < -0.39 is 30.2 Å². The minimum Gasteiger partial charge on any atom is -0.482 e. The maximum absolute atomic E-state index is 12.2. The van der Waals surface area contributed by atoms with E-state index in [1.54, 1.807) is 43.3 Å². The zero-order valence-electron chi connectivity index (χ0n) is 16.3. The fraction of sp³-hybridized carbons (Fsp3) is 0.182. The second kappa shape index (κ2) is 8.92. The summed E-state index contributed by atoms with van der Waals surface area (Å²) in [6, 6.07) is 14.5. The van der Waals surface area contributed by atoms with Crippen LogP contribution in [0, 0.1) is 18.3 Å². The van der Waals surface area contributed by atoms with Crippen LogP contribution < -0.4 is 15.7 Å². The quantitative estimate of drug-likeness (QED) is 0.494. The van der Waals surface area contributed by atoms with Crippen molar-refractivity contribution < 1.29 is 23.5 Å². The van der Waals surface area contributed by atoms with Gasteiger partial charge in [-0.25, -0.2) is 9.59 Å². The number of ether oxygens (including phenoxy) is 2. The summed E-state index contributed by atoms with van der Waals surface area (Å²) >= 11 is 0. The zero-order valence-corrected chi connectivity index (χ0v) is 16.3. The topological polar surface area (TPSA) is 119 Å². The van der Waals surface area contributed by atoms with Gasteiger partial charge >= 0.3 is 11.6 Å². The molecule has 0 saturated heterocycles. The lowest BCUT2D eigenvalue weighted by Gasteiger charge is -2.14. The van der Waals surface area contributed by atoms with Gasteiger partial charge in [0.25, 0.3) is 5.91 Å². The van der Waals surface area contributed by atoms with E-state index >= 15 is 0 Å². The third-order valence-electron chi connectivity index (χ3n) is 4.24. The van der Waals surface area contributed by atoms with Crippen LogP contribution in [-0.4, -0.2) is 24.6 Å². The van der Waals surface area contributed by atoms with Gasteiger partial charge in [0.2, 0.25) is 0 Å². The Kier molecular flexibility index (Phi) is 6.13. The summed E-state index contributed by atoms with van der Waals surface area (Å²) < 4.78 is 15.6. The Bertz CT molecular complexity index is 1190. The van der Waals surface area contributed by atoms with Crippen molar-refractivity contribution in [2.75, 3.05) is 11.9 Å². The zero-order chi connectivity index (χ0) is 21.7. The first kappa shape index (κ1) is 20.6. The molecule has 0 radical (unpaired) electrons. The van der Waals surface area contributed by atoms with Crippen molar-refractivity contribution in [3.63, 3.8) is 0 Å². The Morgan fingerprint density at radius 2 is 1.90 bits per heavy atom. The average molecular weight is 406 g/mol. The van der Waals surface area contributed by atoms with Crippen molar-refractivity contribution in [3.05, 3.63) is 70.1 Å². The highest BCUT2D eigenvalue weighted by Crippen LogP contribution is 2.22. The number of carbonyl (C=O) groups excluding carboxylic acids is 2. The molecule has 0 unspecified atom stereocenters. The number of nitriles is 1. The summed E-state index contributed by atoms with van der Waals surface area (Å²) in [4.78, 5) is 35.6. The molecule has 1 aromatic heterocycles. The number of hydrogen-bond acceptors (Lipinski definition) is 7. The minimum absolute atomic E-state index is 0.322. The van der Waals surface area contributed by atoms with E-state index in [-0.39, 0.29) is 0 Å². The molecule has 1 atom stereocenters. The maximum Gasteiger partial charge on any atom is 0.344 e. The molecule has 1 N–H and O–H groups in total. The number of esters is 1. The van der Waals surface area contributed by atoms with Gasteiger partial charge in [0.15, 0.2) is 12.7 Å². The number of nitrogens with one attached hydrogen (secondary N) is 1. The molecule has 0 aliphatic heterocycles. The Morgan fingerprint density at radius 3 is 2.60 bits per heavy atom. The van der Waals surface area contributed by atoms with Gasteiger partial charge in [-0.1, -0.05) is 0 Å². The third-order valence-corrected chi connectivity index (χ3v) is 4.24. The molecule has 152 valence electrons. The predicted octanol–water partition coefficient (Wildman–Crippen LogP) is 2.92. The highest BCUT2D eigenvalue weighted by atomic mass is 16.6. The summed E-state index contributed by atoms with van der Waals surface area (Å²) in [5.74, 6) is -0.929. The Morgan fingerprint density at radius 1 is 1.17 bits per heavy atom. The van der Waals surface area contributed by atoms with E-state index in [4.69, 9.17) is 19.2 Å². The predicted molar refractivity (Wildman–Crippen MR) is 108 cm³/mol. The lowest BCUT2D eigenvalue weighted by Crippen LogP contribution is -2.31. The molecule has 1 heterocycles. The lowest BCUT2D eigenvalue weighted by atomic mass is 10.1. The molecule has 0 bridgehead atoms. The molecule has 0 fully saturated rings. The number of amides is 1. The van der Waals surface area contributed by atoms with Crippen LogP contribution in [-0.2, 0) is 14.3 Å². The molecule has 2 aromatic carbocycles. The Balaban J connectivity index is 1.54. The average Bonchev–Trinajstić information content (AvgIpc) is 2.72. The van der Waals surface area contributed by atoms with Crippen molar-refractivity contribution in [2.45, 2.75) is 20.0 Å². The first-order chi connectivity index (χ1) is 14.4. The molecular formula is C22H18N2O6. The highest BCUT2D eigenvalue weighted by Gasteiger charge is 2.18. The second-order valence-corrected chi connectivity index (χ2v) is 6.51. The molecule has 0 saturated carbocycles. The van der Waals surface area contributed by atoms with Gasteiger partial charge in [-0.2, -0.15) is 5.26 Å². The molecule has 1 amide bonds. The van der Waals surface area contributed by atoms with Gasteiger partial charge in [0, 0.05) is 23.2 Å². The lowest BCUT2D eigenvalue weighted by molar-refractivity contribution is -0.155. The van der Waals surface area contributed by atoms with E-state index in [9.17, 15) is 14.4 Å². The van der Waals surface area contributed by atoms with E-state index in [2.05, 4.69) is 5.32 Å². The Hall–Kier alpha value is -4.12. The minimum atomic E-state index is -1.05. The molecule has 3 aromatic rings. The SMILES string of the molecule is Cc1cc(=O)oc2cc(OCC(=O)O[C@H](C)C(=O)Nc3ccc(C#N)cc3)ccc12. The third kappa shape index (κ3) is 5.02. The van der Waals surface area contributed by atoms with Crippen LogP contribution in [0.4, 0.5) is 5.69 Å². The first-order valence-corrected chi connectivity index (χ1v) is 9.03. The fourth-order valence-electron chi connectivity index (χ4n) is 2.69. The molecule has 3 rings (SSSR count). The number of benzene rings is 2. The molecule has 0 aliphatic carbocycles. The van der Waals surface area contributed by atoms with Crippen LogP contribution in [0.2, 0.25) is 0 Å². The number of anilines is 1. The van der Waals surface area contributed by atoms with Crippen LogP contribution in [0.1, 0.15) is 18.1 Å². The van der Waals surface area contributed by atoms with Gasteiger partial charge in [0.1, 0.15) is 11.3 Å². The maximum atomic E-state index is 12.2. The monoisotopic (exact) mass is 406 g/mol. The normalized spacial score (nSPS) is 11.4. The number of carbonyl (C=O) groups is 2. The van der Waals surface area contributed by atoms with E-state index in [0.29, 0.717) is 22.6 Å². The second-order valence-electron chi connectivity index (χ2n) is 6.51. The summed E-state index contributed by atoms with van der Waals surface area (Å²) in [5.41, 5.74) is 1.59. The number of nitrogens with zero attached hydrogens (tertiary/aromatic N) is 1. The highest BCUT2D eigenvalue weighted by molar-refractivity contribution is 5.95. The van der Waals surface area contributed by atoms with E-state index in [0.717, 1.165) is 10.9 Å². The van der Waals surface area contributed by atoms with Crippen molar-refractivity contribution >= 4 is 28.5 Å². The van der Waals surface area contributed by atoms with Gasteiger partial charge in [-0.15, -0.1) is 0 Å². The smallest absolute Gasteiger partial charge is 0.344 e. The van der Waals surface area contributed by atoms with Gasteiger partial charge in [0.05, 0.1) is 11.6 Å². The molecule has 0 aliphatic rings. The molecule has 0 spiro atoms. The Labute approximate surface area is 171 Å². The van der Waals surface area contributed by atoms with Crippen molar-refractivity contribution in [3.8, 4) is 11.8 Å². The number of rotatable bonds is 6. The van der Waals surface area contributed by atoms with Crippen molar-refractivity contribution in [1.82, 2.24) is 0 Å².